The van der Waals surface area contributed by atoms with E-state index in [0.29, 0.717) is 18.8 Å². The molecule has 0 aliphatic carbocycles. The second kappa shape index (κ2) is 8.32. The van der Waals surface area contributed by atoms with Crippen LogP contribution < -0.4 is 4.74 Å². The van der Waals surface area contributed by atoms with E-state index < -0.39 is 0 Å². The second-order valence-electron chi connectivity index (χ2n) is 7.86. The Morgan fingerprint density at radius 1 is 1.07 bits per heavy atom. The molecule has 6 heteroatoms. The van der Waals surface area contributed by atoms with Crippen LogP contribution in [0.25, 0.3) is 16.9 Å². The van der Waals surface area contributed by atoms with Crippen molar-refractivity contribution in [3.05, 3.63) is 65.9 Å². The Bertz CT molecular complexity index is 1030. The standard InChI is InChI=1S/C24H27N3O3/c1-16-6-5-7-20(12-16)27-23(24(28)26-14-17(2)30-18(3)15-26)13-22(25-27)19-8-10-21(29-4)11-9-19/h5-13,17-18H,14-15H2,1-4H3/t17-,18+. The van der Waals surface area contributed by atoms with E-state index in [2.05, 4.69) is 0 Å². The smallest absolute Gasteiger partial charge is 0.272 e. The molecule has 0 N–H and O–H groups in total. The highest BCUT2D eigenvalue weighted by Gasteiger charge is 2.29. The van der Waals surface area contributed by atoms with Crippen molar-refractivity contribution < 1.29 is 14.3 Å². The first-order valence-electron chi connectivity index (χ1n) is 10.2. The highest BCUT2D eigenvalue weighted by Crippen LogP contribution is 2.26. The lowest BCUT2D eigenvalue weighted by Gasteiger charge is -2.35. The molecule has 1 fully saturated rings. The van der Waals surface area contributed by atoms with Gasteiger partial charge in [-0.2, -0.15) is 5.10 Å². The highest BCUT2D eigenvalue weighted by atomic mass is 16.5. The fraction of sp³-hybridized carbons (Fsp3) is 0.333. The highest BCUT2D eigenvalue weighted by molar-refractivity contribution is 5.94. The van der Waals surface area contributed by atoms with Gasteiger partial charge in [-0.25, -0.2) is 4.68 Å². The molecule has 1 aromatic heterocycles. The van der Waals surface area contributed by atoms with Gasteiger partial charge in [0.25, 0.3) is 5.91 Å². The maximum absolute atomic E-state index is 13.5. The molecule has 1 saturated heterocycles. The van der Waals surface area contributed by atoms with E-state index in [9.17, 15) is 4.79 Å². The van der Waals surface area contributed by atoms with Crippen LogP contribution in [0.1, 0.15) is 29.9 Å². The number of methoxy groups -OCH3 is 1. The van der Waals surface area contributed by atoms with Gasteiger partial charge in [0.15, 0.2) is 0 Å². The first-order chi connectivity index (χ1) is 14.4. The van der Waals surface area contributed by atoms with Crippen LogP contribution in [0.3, 0.4) is 0 Å². The Morgan fingerprint density at radius 3 is 2.40 bits per heavy atom. The first kappa shape index (κ1) is 20.2. The zero-order valence-corrected chi connectivity index (χ0v) is 17.8. The predicted octanol–water partition coefficient (Wildman–Crippen LogP) is 4.11. The quantitative estimate of drug-likeness (QED) is 0.656. The van der Waals surface area contributed by atoms with Crippen molar-refractivity contribution in [1.29, 1.82) is 0 Å². The molecule has 1 aliphatic heterocycles. The zero-order chi connectivity index (χ0) is 21.3. The number of morpholine rings is 1. The van der Waals surface area contributed by atoms with Gasteiger partial charge in [-0.05, 0) is 68.8 Å². The van der Waals surface area contributed by atoms with E-state index in [1.54, 1.807) is 11.8 Å². The number of hydrogen-bond donors (Lipinski definition) is 0. The molecule has 156 valence electrons. The van der Waals surface area contributed by atoms with Gasteiger partial charge in [0, 0.05) is 18.7 Å². The average Bonchev–Trinajstić information content (AvgIpc) is 3.18. The minimum Gasteiger partial charge on any atom is -0.497 e. The molecule has 30 heavy (non-hydrogen) atoms. The summed E-state index contributed by atoms with van der Waals surface area (Å²) < 4.78 is 12.8. The Morgan fingerprint density at radius 2 is 1.77 bits per heavy atom. The van der Waals surface area contributed by atoms with Crippen LogP contribution in [0.2, 0.25) is 0 Å². The molecule has 6 nitrogen and oxygen atoms in total. The minimum atomic E-state index is -0.0363. The number of amides is 1. The fourth-order valence-electron chi connectivity index (χ4n) is 3.90. The van der Waals surface area contributed by atoms with Crippen LogP contribution in [0.4, 0.5) is 0 Å². The summed E-state index contributed by atoms with van der Waals surface area (Å²) in [6, 6.07) is 17.6. The van der Waals surface area contributed by atoms with E-state index in [1.807, 2.05) is 80.3 Å². The van der Waals surface area contributed by atoms with Gasteiger partial charge in [-0.15, -0.1) is 0 Å². The van der Waals surface area contributed by atoms with E-state index in [0.717, 1.165) is 28.3 Å². The molecular formula is C24H27N3O3. The van der Waals surface area contributed by atoms with Crippen molar-refractivity contribution in [3.8, 4) is 22.7 Å². The van der Waals surface area contributed by atoms with Crippen molar-refractivity contribution in [2.75, 3.05) is 20.2 Å². The van der Waals surface area contributed by atoms with Gasteiger partial charge in [0.2, 0.25) is 0 Å². The monoisotopic (exact) mass is 405 g/mol. The van der Waals surface area contributed by atoms with Crippen LogP contribution in [0, 0.1) is 6.92 Å². The van der Waals surface area contributed by atoms with Crippen molar-refractivity contribution in [2.24, 2.45) is 0 Å². The Labute approximate surface area is 177 Å². The Hall–Kier alpha value is -3.12. The summed E-state index contributed by atoms with van der Waals surface area (Å²) in [5.41, 5.74) is 4.21. The molecule has 1 amide bonds. The maximum atomic E-state index is 13.5. The number of nitrogens with zero attached hydrogens (tertiary/aromatic N) is 3. The molecule has 2 atom stereocenters. The molecule has 0 radical (unpaired) electrons. The molecular weight excluding hydrogens is 378 g/mol. The molecule has 0 saturated carbocycles. The second-order valence-corrected chi connectivity index (χ2v) is 7.86. The van der Waals surface area contributed by atoms with Gasteiger partial charge < -0.3 is 14.4 Å². The summed E-state index contributed by atoms with van der Waals surface area (Å²) in [7, 11) is 1.64. The fourth-order valence-corrected chi connectivity index (χ4v) is 3.90. The zero-order valence-electron chi connectivity index (χ0n) is 17.8. The van der Waals surface area contributed by atoms with Gasteiger partial charge in [0.1, 0.15) is 11.4 Å². The number of ether oxygens (including phenoxy) is 2. The maximum Gasteiger partial charge on any atom is 0.272 e. The number of hydrogen-bond acceptors (Lipinski definition) is 4. The summed E-state index contributed by atoms with van der Waals surface area (Å²) >= 11 is 0. The van der Waals surface area contributed by atoms with Gasteiger partial charge in [-0.1, -0.05) is 12.1 Å². The average molecular weight is 405 g/mol. The van der Waals surface area contributed by atoms with Crippen molar-refractivity contribution in [1.82, 2.24) is 14.7 Å². The van der Waals surface area contributed by atoms with Gasteiger partial charge in [0.05, 0.1) is 30.7 Å². The van der Waals surface area contributed by atoms with Crippen LogP contribution >= 0.6 is 0 Å². The van der Waals surface area contributed by atoms with Crippen molar-refractivity contribution in [3.63, 3.8) is 0 Å². The molecule has 0 bridgehead atoms. The first-order valence-corrected chi connectivity index (χ1v) is 10.2. The predicted molar refractivity (Wildman–Crippen MR) is 116 cm³/mol. The van der Waals surface area contributed by atoms with Crippen LogP contribution in [-0.4, -0.2) is 53.0 Å². The Kier molecular flexibility index (Phi) is 5.59. The molecule has 4 rings (SSSR count). The third kappa shape index (κ3) is 4.09. The van der Waals surface area contributed by atoms with Crippen LogP contribution in [0.15, 0.2) is 54.6 Å². The molecule has 3 aromatic rings. The van der Waals surface area contributed by atoms with E-state index in [4.69, 9.17) is 14.6 Å². The normalized spacial score (nSPS) is 19.0. The van der Waals surface area contributed by atoms with Gasteiger partial charge in [-0.3, -0.25) is 4.79 Å². The van der Waals surface area contributed by atoms with Gasteiger partial charge >= 0.3 is 0 Å². The topological polar surface area (TPSA) is 56.6 Å². The number of rotatable bonds is 4. The molecule has 2 heterocycles. The largest absolute Gasteiger partial charge is 0.497 e. The van der Waals surface area contributed by atoms with Crippen LogP contribution in [-0.2, 0) is 4.74 Å². The number of carbonyl (C=O) groups is 1. The van der Waals surface area contributed by atoms with E-state index in [1.165, 1.54) is 0 Å². The molecule has 0 spiro atoms. The summed E-state index contributed by atoms with van der Waals surface area (Å²) in [6.45, 7) is 7.16. The molecule has 2 aromatic carbocycles. The third-order valence-corrected chi connectivity index (χ3v) is 5.27. The summed E-state index contributed by atoms with van der Waals surface area (Å²) in [6.07, 6.45) is 0.0169. The lowest BCUT2D eigenvalue weighted by atomic mass is 10.1. The lowest BCUT2D eigenvalue weighted by molar-refractivity contribution is -0.0588. The molecule has 1 aliphatic rings. The number of aromatic nitrogens is 2. The molecule has 0 unspecified atom stereocenters. The van der Waals surface area contributed by atoms with E-state index >= 15 is 0 Å². The SMILES string of the molecule is COc1ccc(-c2cc(C(=O)N3C[C@@H](C)O[C@@H](C)C3)n(-c3cccc(C)c3)n2)cc1. The summed E-state index contributed by atoms with van der Waals surface area (Å²) in [5, 5.41) is 4.80. The third-order valence-electron chi connectivity index (χ3n) is 5.27. The van der Waals surface area contributed by atoms with E-state index in [-0.39, 0.29) is 18.1 Å². The number of carbonyl (C=O) groups excluding carboxylic acids is 1. The Balaban J connectivity index is 1.77. The van der Waals surface area contributed by atoms with Crippen LogP contribution in [0.5, 0.6) is 5.75 Å². The van der Waals surface area contributed by atoms with Crippen molar-refractivity contribution >= 4 is 5.91 Å². The summed E-state index contributed by atoms with van der Waals surface area (Å²) in [4.78, 5) is 15.4. The lowest BCUT2D eigenvalue weighted by Crippen LogP contribution is -2.48. The number of benzene rings is 2. The van der Waals surface area contributed by atoms with Crippen molar-refractivity contribution in [2.45, 2.75) is 33.0 Å². The number of aryl methyl sites for hydroxylation is 1. The summed E-state index contributed by atoms with van der Waals surface area (Å²) in [5.74, 6) is 0.746. The minimum absolute atomic E-state index is 0.00843.